The molecule has 198 valence electrons. The summed E-state index contributed by atoms with van der Waals surface area (Å²) in [5, 5.41) is 6.13. The van der Waals surface area contributed by atoms with Gasteiger partial charge in [0.2, 0.25) is 5.91 Å². The maximum absolute atomic E-state index is 13.7. The Bertz CT molecular complexity index is 952. The Balaban J connectivity index is 1.44. The average Bonchev–Trinajstić information content (AvgIpc) is 3.42. The molecule has 0 unspecified atom stereocenters. The third-order valence-electron chi connectivity index (χ3n) is 7.63. The standard InChI is InChI=1S/C27H41N5O4/c1-6-11-30-12-14-31(15-13-30)19-9-7-18(8-10-19)25(34)29-24(27(2,3)4)26(35)32-16-20(28-5)23-22(32)21(33)17-36-23/h7-10,20,22-24,28H,6,11-17H2,1-5H3,(H,29,34)/t20-,22+,23+,24+/m0/s1. The van der Waals surface area contributed by atoms with Gasteiger partial charge >= 0.3 is 0 Å². The molecule has 0 spiro atoms. The predicted octanol–water partition coefficient (Wildman–Crippen LogP) is 1.13. The second-order valence-corrected chi connectivity index (χ2v) is 11.2. The van der Waals surface area contributed by atoms with Crippen molar-refractivity contribution in [2.45, 2.75) is 58.3 Å². The first-order chi connectivity index (χ1) is 17.1. The molecule has 3 saturated heterocycles. The van der Waals surface area contributed by atoms with Gasteiger partial charge in [0.25, 0.3) is 5.91 Å². The van der Waals surface area contributed by atoms with E-state index in [0.717, 1.165) is 38.4 Å². The molecule has 4 rings (SSSR count). The van der Waals surface area contributed by atoms with Crippen LogP contribution in [-0.4, -0.2) is 105 Å². The van der Waals surface area contributed by atoms with Gasteiger partial charge in [-0.2, -0.15) is 0 Å². The molecule has 3 aliphatic heterocycles. The normalized spacial score (nSPS) is 25.7. The zero-order valence-electron chi connectivity index (χ0n) is 22.3. The van der Waals surface area contributed by atoms with Crippen molar-refractivity contribution in [2.75, 3.05) is 57.8 Å². The Hall–Kier alpha value is -2.49. The van der Waals surface area contributed by atoms with E-state index in [0.29, 0.717) is 12.1 Å². The highest BCUT2D eigenvalue weighted by Crippen LogP contribution is 2.31. The van der Waals surface area contributed by atoms with E-state index in [1.165, 1.54) is 6.42 Å². The molecule has 3 fully saturated rings. The third-order valence-corrected chi connectivity index (χ3v) is 7.63. The lowest BCUT2D eigenvalue weighted by molar-refractivity contribution is -0.140. The van der Waals surface area contributed by atoms with Gasteiger partial charge in [-0.15, -0.1) is 0 Å². The molecule has 0 aliphatic carbocycles. The molecule has 2 amide bonds. The van der Waals surface area contributed by atoms with Crippen LogP contribution in [0.2, 0.25) is 0 Å². The fourth-order valence-corrected chi connectivity index (χ4v) is 5.54. The van der Waals surface area contributed by atoms with Crippen molar-refractivity contribution in [2.24, 2.45) is 5.41 Å². The van der Waals surface area contributed by atoms with Gasteiger partial charge in [-0.25, -0.2) is 0 Å². The SMILES string of the molecule is CCCN1CCN(c2ccc(C(=O)N[C@H](C(=O)N3C[C@H](NC)[C@H]4OCC(=O)[C@H]43)C(C)(C)C)cc2)CC1. The van der Waals surface area contributed by atoms with Gasteiger partial charge < -0.3 is 25.2 Å². The van der Waals surface area contributed by atoms with Crippen molar-refractivity contribution in [1.82, 2.24) is 20.4 Å². The Morgan fingerprint density at radius 3 is 2.36 bits per heavy atom. The second-order valence-electron chi connectivity index (χ2n) is 11.2. The molecule has 1 aromatic rings. The zero-order chi connectivity index (χ0) is 26.0. The highest BCUT2D eigenvalue weighted by Gasteiger charge is 2.53. The molecule has 3 aliphatic rings. The van der Waals surface area contributed by atoms with Crippen LogP contribution >= 0.6 is 0 Å². The quantitative estimate of drug-likeness (QED) is 0.581. The minimum atomic E-state index is -0.777. The van der Waals surface area contributed by atoms with Gasteiger partial charge in [0, 0.05) is 44.0 Å². The van der Waals surface area contributed by atoms with E-state index in [4.69, 9.17) is 4.74 Å². The summed E-state index contributed by atoms with van der Waals surface area (Å²) in [6.07, 6.45) is 0.820. The summed E-state index contributed by atoms with van der Waals surface area (Å²) in [5.74, 6) is -0.627. The van der Waals surface area contributed by atoms with E-state index in [9.17, 15) is 14.4 Å². The number of nitrogens with one attached hydrogen (secondary N) is 2. The molecule has 9 nitrogen and oxygen atoms in total. The Morgan fingerprint density at radius 2 is 1.78 bits per heavy atom. The molecule has 36 heavy (non-hydrogen) atoms. The topological polar surface area (TPSA) is 94.2 Å². The number of fused-ring (bicyclic) bond motifs is 1. The number of Topliss-reactive ketones (excluding diaryl/α,β-unsaturated/α-hetero) is 1. The number of benzene rings is 1. The van der Waals surface area contributed by atoms with Gasteiger partial charge in [-0.1, -0.05) is 27.7 Å². The van der Waals surface area contributed by atoms with Gasteiger partial charge in [-0.05, 0) is 49.7 Å². The van der Waals surface area contributed by atoms with E-state index in [1.54, 1.807) is 11.9 Å². The summed E-state index contributed by atoms with van der Waals surface area (Å²) < 4.78 is 5.67. The lowest BCUT2D eigenvalue weighted by atomic mass is 9.85. The minimum Gasteiger partial charge on any atom is -0.369 e. The monoisotopic (exact) mass is 499 g/mol. The molecule has 0 aromatic heterocycles. The summed E-state index contributed by atoms with van der Waals surface area (Å²) in [7, 11) is 1.81. The van der Waals surface area contributed by atoms with Crippen molar-refractivity contribution in [3.05, 3.63) is 29.8 Å². The first-order valence-corrected chi connectivity index (χ1v) is 13.1. The molecule has 0 bridgehead atoms. The smallest absolute Gasteiger partial charge is 0.251 e. The molecule has 3 heterocycles. The largest absolute Gasteiger partial charge is 0.369 e. The minimum absolute atomic E-state index is 0.0177. The first-order valence-electron chi connectivity index (χ1n) is 13.1. The van der Waals surface area contributed by atoms with Crippen LogP contribution in [0.4, 0.5) is 5.69 Å². The van der Waals surface area contributed by atoms with Crippen molar-refractivity contribution < 1.29 is 19.1 Å². The Kier molecular flexibility index (Phi) is 8.02. The van der Waals surface area contributed by atoms with Crippen LogP contribution in [-0.2, 0) is 14.3 Å². The first kappa shape index (κ1) is 26.6. The van der Waals surface area contributed by atoms with E-state index in [1.807, 2.05) is 45.0 Å². The highest BCUT2D eigenvalue weighted by molar-refractivity contribution is 5.99. The number of likely N-dealkylation sites (tertiary alicyclic amines) is 1. The van der Waals surface area contributed by atoms with Gasteiger partial charge in [-0.3, -0.25) is 19.3 Å². The number of hydrogen-bond donors (Lipinski definition) is 2. The van der Waals surface area contributed by atoms with E-state index >= 15 is 0 Å². The summed E-state index contributed by atoms with van der Waals surface area (Å²) in [5.41, 5.74) is 1.07. The third kappa shape index (κ3) is 5.43. The summed E-state index contributed by atoms with van der Waals surface area (Å²) in [6.45, 7) is 13.5. The number of hydrogen-bond acceptors (Lipinski definition) is 7. The number of anilines is 1. The predicted molar refractivity (Wildman–Crippen MR) is 139 cm³/mol. The van der Waals surface area contributed by atoms with Crippen molar-refractivity contribution in [3.63, 3.8) is 0 Å². The fraction of sp³-hybridized carbons (Fsp3) is 0.667. The van der Waals surface area contributed by atoms with E-state index in [2.05, 4.69) is 27.4 Å². The van der Waals surface area contributed by atoms with E-state index in [-0.39, 0.29) is 36.4 Å². The average molecular weight is 500 g/mol. The van der Waals surface area contributed by atoms with Crippen LogP contribution in [0.25, 0.3) is 0 Å². The number of rotatable bonds is 7. The van der Waals surface area contributed by atoms with Crippen LogP contribution in [0.3, 0.4) is 0 Å². The molecular weight excluding hydrogens is 458 g/mol. The number of likely N-dealkylation sites (N-methyl/N-ethyl adjacent to an activating group) is 1. The zero-order valence-corrected chi connectivity index (χ0v) is 22.3. The van der Waals surface area contributed by atoms with Crippen LogP contribution in [0.1, 0.15) is 44.5 Å². The van der Waals surface area contributed by atoms with Gasteiger partial charge in [0.05, 0.1) is 6.04 Å². The molecule has 0 radical (unpaired) electrons. The van der Waals surface area contributed by atoms with Crippen molar-refractivity contribution >= 4 is 23.3 Å². The van der Waals surface area contributed by atoms with Crippen LogP contribution < -0.4 is 15.5 Å². The Morgan fingerprint density at radius 1 is 1.11 bits per heavy atom. The molecular formula is C27H41N5O4. The number of ether oxygens (including phenoxy) is 1. The maximum Gasteiger partial charge on any atom is 0.251 e. The Labute approximate surface area is 214 Å². The number of nitrogens with zero attached hydrogens (tertiary/aromatic N) is 3. The van der Waals surface area contributed by atoms with E-state index < -0.39 is 17.5 Å². The number of ketones is 1. The number of amides is 2. The lowest BCUT2D eigenvalue weighted by Crippen LogP contribution is -2.57. The van der Waals surface area contributed by atoms with Crippen LogP contribution in [0.5, 0.6) is 0 Å². The second kappa shape index (κ2) is 10.9. The number of carbonyl (C=O) groups excluding carboxylic acids is 3. The molecule has 0 saturated carbocycles. The summed E-state index contributed by atoms with van der Waals surface area (Å²) in [4.78, 5) is 45.9. The molecule has 9 heteroatoms. The summed E-state index contributed by atoms with van der Waals surface area (Å²) in [6, 6.07) is 6.12. The van der Waals surface area contributed by atoms with Crippen molar-refractivity contribution in [1.29, 1.82) is 0 Å². The highest BCUT2D eigenvalue weighted by atomic mass is 16.5. The lowest BCUT2D eigenvalue weighted by Gasteiger charge is -2.36. The summed E-state index contributed by atoms with van der Waals surface area (Å²) >= 11 is 0. The fourth-order valence-electron chi connectivity index (χ4n) is 5.54. The molecule has 1 aromatic carbocycles. The number of carbonyl (C=O) groups is 3. The van der Waals surface area contributed by atoms with Gasteiger partial charge in [0.1, 0.15) is 24.8 Å². The molecule has 2 N–H and O–H groups in total. The number of piperazine rings is 1. The van der Waals surface area contributed by atoms with Crippen LogP contribution in [0, 0.1) is 5.41 Å². The molecule has 4 atom stereocenters. The van der Waals surface area contributed by atoms with Crippen molar-refractivity contribution in [3.8, 4) is 0 Å². The van der Waals surface area contributed by atoms with Gasteiger partial charge in [0.15, 0.2) is 5.78 Å². The van der Waals surface area contributed by atoms with Crippen LogP contribution in [0.15, 0.2) is 24.3 Å². The maximum atomic E-state index is 13.7.